The van der Waals surface area contributed by atoms with Crippen LogP contribution in [0.5, 0.6) is 0 Å². The summed E-state index contributed by atoms with van der Waals surface area (Å²) < 4.78 is 66.4. The van der Waals surface area contributed by atoms with E-state index in [-0.39, 0.29) is 71.9 Å². The molecule has 0 aromatic carbocycles. The Kier molecular flexibility index (Phi) is 13.5. The first-order chi connectivity index (χ1) is 26.1. The maximum absolute atomic E-state index is 12.6. The largest absolute Gasteiger partial charge is 0.397 e. The summed E-state index contributed by atoms with van der Waals surface area (Å²) in [5.41, 5.74) is -1.89. The van der Waals surface area contributed by atoms with Crippen molar-refractivity contribution in [2.45, 2.75) is 153 Å². The number of aliphatic hydroxyl groups excluding tert-OH is 6. The van der Waals surface area contributed by atoms with Crippen LogP contribution >= 0.6 is 0 Å². The average molecular weight is 823 g/mol. The highest BCUT2D eigenvalue weighted by Crippen LogP contribution is 2.69. The highest BCUT2D eigenvalue weighted by atomic mass is 32.3. The normalized spacial score (nSPS) is 50.1. The van der Waals surface area contributed by atoms with Crippen molar-refractivity contribution in [3.8, 4) is 0 Å². The van der Waals surface area contributed by atoms with Crippen LogP contribution in [0.25, 0.3) is 0 Å². The molecule has 8 N–H and O–H groups in total. The Labute approximate surface area is 330 Å². The lowest BCUT2D eigenvalue weighted by Crippen LogP contribution is -2.68. The van der Waals surface area contributed by atoms with E-state index in [4.69, 9.17) is 27.9 Å². The van der Waals surface area contributed by atoms with Crippen LogP contribution in [-0.2, 0) is 38.3 Å². The van der Waals surface area contributed by atoms with E-state index < -0.39 is 90.1 Å². The Morgan fingerprint density at radius 3 is 2.16 bits per heavy atom. The fourth-order valence-corrected chi connectivity index (χ4v) is 12.5. The topological polar surface area (TPSA) is 251 Å². The Bertz CT molecular complexity index is 1480. The lowest BCUT2D eigenvalue weighted by Gasteiger charge is -2.66. The van der Waals surface area contributed by atoms with Crippen LogP contribution < -0.4 is 0 Å². The second-order valence-corrected chi connectivity index (χ2v) is 19.6. The quantitative estimate of drug-likeness (QED) is 0.101. The van der Waals surface area contributed by atoms with E-state index in [1.165, 1.54) is 7.11 Å². The van der Waals surface area contributed by atoms with Crippen LogP contribution in [0, 0.1) is 52.3 Å². The predicted octanol–water partition coefficient (Wildman–Crippen LogP) is 0.927. The smallest absolute Gasteiger partial charge is 0.393 e. The van der Waals surface area contributed by atoms with Gasteiger partial charge in [0.05, 0.1) is 43.7 Å². The molecule has 17 heteroatoms. The van der Waals surface area contributed by atoms with Gasteiger partial charge >= 0.3 is 10.4 Å². The van der Waals surface area contributed by atoms with Gasteiger partial charge in [-0.3, -0.25) is 4.55 Å². The van der Waals surface area contributed by atoms with Crippen LogP contribution in [0.2, 0.25) is 0 Å². The maximum atomic E-state index is 12.6. The molecule has 6 rings (SSSR count). The van der Waals surface area contributed by atoms with Crippen molar-refractivity contribution in [2.24, 2.45) is 52.3 Å². The summed E-state index contributed by atoms with van der Waals surface area (Å²) in [5.74, 6) is -0.558. The molecule has 21 atom stereocenters. The standard InChI is InChI=1S/C39H66O16S/c1-19(21(3)16-51-35-33(31(28(44)18-52-35)55-56(47,48)49)54-36-32(50-6)30(45)27(43)17-53-36)7-8-20(2)23-14-25(41)34-38(23,5)12-10-29-37(4)11-9-22(40)13-24(37)26(42)15-39(29,34)46/h7-8,19-36,40-46H,9-18H2,1-6H3,(H,47,48,49). The number of rotatable bonds is 12. The fraction of sp³-hybridized carbons (Fsp3) is 0.949. The molecule has 4 aliphatic carbocycles. The summed E-state index contributed by atoms with van der Waals surface area (Å²) in [7, 11) is -3.81. The molecular formula is C39H66O16S. The number of fused-ring (bicyclic) bond motifs is 5. The maximum Gasteiger partial charge on any atom is 0.397 e. The minimum atomic E-state index is -5.07. The van der Waals surface area contributed by atoms with Crippen LogP contribution in [0.4, 0.5) is 0 Å². The van der Waals surface area contributed by atoms with Gasteiger partial charge in [-0.2, -0.15) is 8.42 Å². The van der Waals surface area contributed by atoms with E-state index >= 15 is 0 Å². The van der Waals surface area contributed by atoms with Crippen molar-refractivity contribution in [2.75, 3.05) is 26.9 Å². The highest BCUT2D eigenvalue weighted by Gasteiger charge is 2.70. The average Bonchev–Trinajstić information content (AvgIpc) is 3.40. The van der Waals surface area contributed by atoms with Gasteiger partial charge in [-0.15, -0.1) is 0 Å². The summed E-state index contributed by atoms with van der Waals surface area (Å²) in [6, 6.07) is 0. The minimum absolute atomic E-state index is 0.0334. The third-order valence-electron chi connectivity index (χ3n) is 15.1. The number of allylic oxidation sites excluding steroid dienone is 2. The zero-order chi connectivity index (χ0) is 41.1. The van der Waals surface area contributed by atoms with E-state index in [2.05, 4.69) is 32.9 Å². The molecule has 324 valence electrons. The molecule has 0 amide bonds. The van der Waals surface area contributed by atoms with Crippen molar-refractivity contribution in [3.63, 3.8) is 0 Å². The van der Waals surface area contributed by atoms with E-state index in [0.29, 0.717) is 19.3 Å². The van der Waals surface area contributed by atoms with Gasteiger partial charge in [0.1, 0.15) is 36.6 Å². The lowest BCUT2D eigenvalue weighted by molar-refractivity contribution is -0.344. The molecular weight excluding hydrogens is 756 g/mol. The molecule has 16 nitrogen and oxygen atoms in total. The molecule has 2 saturated heterocycles. The van der Waals surface area contributed by atoms with Gasteiger partial charge in [-0.25, -0.2) is 4.18 Å². The Hall–Kier alpha value is -0.870. The monoisotopic (exact) mass is 822 g/mol. The second-order valence-electron chi connectivity index (χ2n) is 18.5. The minimum Gasteiger partial charge on any atom is -0.393 e. The number of ether oxygens (including phenoxy) is 5. The molecule has 6 aliphatic rings. The molecule has 4 saturated carbocycles. The van der Waals surface area contributed by atoms with Gasteiger partial charge in [-0.05, 0) is 84.9 Å². The molecule has 0 radical (unpaired) electrons. The Balaban J connectivity index is 1.11. The van der Waals surface area contributed by atoms with Crippen molar-refractivity contribution < 1.29 is 76.6 Å². The van der Waals surface area contributed by atoms with Gasteiger partial charge in [0.15, 0.2) is 12.6 Å². The molecule has 2 aliphatic heterocycles. The summed E-state index contributed by atoms with van der Waals surface area (Å²) in [6.07, 6.45) is -4.61. The van der Waals surface area contributed by atoms with Gasteiger partial charge in [0, 0.05) is 19.4 Å². The van der Waals surface area contributed by atoms with Crippen LogP contribution in [0.3, 0.4) is 0 Å². The lowest BCUT2D eigenvalue weighted by atomic mass is 9.42. The van der Waals surface area contributed by atoms with Gasteiger partial charge in [0.2, 0.25) is 0 Å². The fourth-order valence-electron chi connectivity index (χ4n) is 12.0. The van der Waals surface area contributed by atoms with Crippen LogP contribution in [-0.4, -0.2) is 149 Å². The van der Waals surface area contributed by atoms with Gasteiger partial charge in [0.25, 0.3) is 0 Å². The van der Waals surface area contributed by atoms with E-state index in [0.717, 1.165) is 19.3 Å². The SMILES string of the molecule is COC1C(OC2C(OCC(C)C(C)C=CC(C)C3CC(O)C4C3(C)CCC3C5(C)CCC(O)CC5C(O)CC34O)OCC(O)C2OS(=O)(=O)O)OCC(O)C1O. The number of aliphatic hydroxyl groups is 7. The third kappa shape index (κ3) is 8.40. The molecule has 0 bridgehead atoms. The molecule has 21 unspecified atom stereocenters. The number of methoxy groups -OCH3 is 1. The second kappa shape index (κ2) is 16.9. The zero-order valence-electron chi connectivity index (χ0n) is 33.4. The summed E-state index contributed by atoms with van der Waals surface area (Å²) in [5, 5.41) is 77.3. The van der Waals surface area contributed by atoms with Crippen molar-refractivity contribution >= 4 is 10.4 Å². The Morgan fingerprint density at radius 2 is 1.48 bits per heavy atom. The van der Waals surface area contributed by atoms with Gasteiger partial charge in [-0.1, -0.05) is 46.8 Å². The molecule has 0 aromatic rings. The molecule has 6 fully saturated rings. The van der Waals surface area contributed by atoms with Gasteiger partial charge < -0.3 is 59.4 Å². The number of hydrogen-bond acceptors (Lipinski definition) is 15. The van der Waals surface area contributed by atoms with Crippen LogP contribution in [0.15, 0.2) is 12.2 Å². The van der Waals surface area contributed by atoms with E-state index in [1.807, 2.05) is 13.8 Å². The molecule has 56 heavy (non-hydrogen) atoms. The first kappa shape index (κ1) is 44.7. The third-order valence-corrected chi connectivity index (χ3v) is 15.6. The van der Waals surface area contributed by atoms with E-state index in [1.54, 1.807) is 0 Å². The zero-order valence-corrected chi connectivity index (χ0v) is 34.2. The number of hydrogen-bond donors (Lipinski definition) is 8. The van der Waals surface area contributed by atoms with E-state index in [9.17, 15) is 48.7 Å². The highest BCUT2D eigenvalue weighted by molar-refractivity contribution is 7.80. The first-order valence-corrected chi connectivity index (χ1v) is 21.7. The summed E-state index contributed by atoms with van der Waals surface area (Å²) in [4.78, 5) is 0. The van der Waals surface area contributed by atoms with Crippen molar-refractivity contribution in [1.82, 2.24) is 0 Å². The van der Waals surface area contributed by atoms with Crippen molar-refractivity contribution in [3.05, 3.63) is 12.2 Å². The van der Waals surface area contributed by atoms with Crippen molar-refractivity contribution in [1.29, 1.82) is 0 Å². The predicted molar refractivity (Wildman–Crippen MR) is 198 cm³/mol. The first-order valence-electron chi connectivity index (χ1n) is 20.3. The van der Waals surface area contributed by atoms with Crippen LogP contribution in [0.1, 0.15) is 79.6 Å². The molecule has 0 aromatic heterocycles. The molecule has 0 spiro atoms. The summed E-state index contributed by atoms with van der Waals surface area (Å²) >= 11 is 0. The Morgan fingerprint density at radius 1 is 0.821 bits per heavy atom. The summed E-state index contributed by atoms with van der Waals surface area (Å²) in [6.45, 7) is 9.84. The molecule has 2 heterocycles.